The molecule has 0 saturated heterocycles. The van der Waals surface area contributed by atoms with E-state index in [4.69, 9.17) is 4.74 Å². The van der Waals surface area contributed by atoms with Gasteiger partial charge in [0.15, 0.2) is 0 Å². The Labute approximate surface area is 183 Å². The number of thiophene rings is 1. The lowest BCUT2D eigenvalue weighted by molar-refractivity contribution is -0.385. The maximum atomic E-state index is 12.9. The van der Waals surface area contributed by atoms with Gasteiger partial charge in [-0.15, -0.1) is 11.3 Å². The molecular formula is C19H25N5O6S. The molecule has 2 rings (SSSR count). The molecule has 0 fully saturated rings. The van der Waals surface area contributed by atoms with Crippen LogP contribution in [0, 0.1) is 24.0 Å². The Kier molecular flexibility index (Phi) is 7.50. The van der Waals surface area contributed by atoms with Gasteiger partial charge in [0.1, 0.15) is 22.9 Å². The molecule has 1 unspecified atom stereocenters. The first-order chi connectivity index (χ1) is 14.5. The largest absolute Gasteiger partial charge is 0.462 e. The van der Waals surface area contributed by atoms with Crippen molar-refractivity contribution in [2.45, 2.75) is 40.2 Å². The summed E-state index contributed by atoms with van der Waals surface area (Å²) in [5.74, 6) is -1.49. The summed E-state index contributed by atoms with van der Waals surface area (Å²) in [6.07, 6.45) is 1.70. The van der Waals surface area contributed by atoms with Crippen LogP contribution in [0.2, 0.25) is 0 Å². The Morgan fingerprint density at radius 2 is 2.00 bits per heavy atom. The molecule has 0 aliphatic rings. The van der Waals surface area contributed by atoms with Gasteiger partial charge in [-0.3, -0.25) is 24.4 Å². The molecule has 0 spiro atoms. The van der Waals surface area contributed by atoms with Gasteiger partial charge in [0.05, 0.1) is 22.0 Å². The summed E-state index contributed by atoms with van der Waals surface area (Å²) in [6, 6.07) is -0.899. The standard InChI is InChI=1S/C19H25N5O6S/c1-7-8-30-19(27)14-10(2)15(18(26)22(5)6)31-17(14)21-16(25)12(4)23-11(3)13(9-20-23)24(28)29/h9,12H,7-8H2,1-6H3,(H,21,25). The molecule has 0 radical (unpaired) electrons. The lowest BCUT2D eigenvalue weighted by Crippen LogP contribution is -2.25. The van der Waals surface area contributed by atoms with Crippen LogP contribution in [-0.4, -0.2) is 58.1 Å². The lowest BCUT2D eigenvalue weighted by atomic mass is 10.1. The van der Waals surface area contributed by atoms with E-state index in [1.807, 2.05) is 6.92 Å². The number of nitrogens with one attached hydrogen (secondary N) is 1. The van der Waals surface area contributed by atoms with Gasteiger partial charge in [0, 0.05) is 14.1 Å². The number of esters is 1. The van der Waals surface area contributed by atoms with Crippen molar-refractivity contribution < 1.29 is 24.0 Å². The minimum atomic E-state index is -0.899. The first kappa shape index (κ1) is 24.0. The number of amides is 2. The van der Waals surface area contributed by atoms with Crippen LogP contribution in [0.15, 0.2) is 6.20 Å². The highest BCUT2D eigenvalue weighted by Crippen LogP contribution is 2.35. The molecule has 0 bridgehead atoms. The second kappa shape index (κ2) is 9.69. The summed E-state index contributed by atoms with van der Waals surface area (Å²) in [6.45, 7) is 6.69. The normalized spacial score (nSPS) is 11.7. The van der Waals surface area contributed by atoms with Crippen molar-refractivity contribution in [2.24, 2.45) is 0 Å². The van der Waals surface area contributed by atoms with Crippen molar-refractivity contribution >= 4 is 39.8 Å². The number of anilines is 1. The molecule has 31 heavy (non-hydrogen) atoms. The van der Waals surface area contributed by atoms with E-state index in [0.717, 1.165) is 17.5 Å². The number of rotatable bonds is 8. The maximum Gasteiger partial charge on any atom is 0.341 e. The van der Waals surface area contributed by atoms with Gasteiger partial charge in [-0.2, -0.15) is 5.10 Å². The number of hydrogen-bond acceptors (Lipinski definition) is 8. The van der Waals surface area contributed by atoms with Crippen molar-refractivity contribution in [1.82, 2.24) is 14.7 Å². The molecule has 2 aromatic heterocycles. The van der Waals surface area contributed by atoms with Crippen molar-refractivity contribution in [3.8, 4) is 0 Å². The van der Waals surface area contributed by atoms with E-state index >= 15 is 0 Å². The van der Waals surface area contributed by atoms with E-state index in [2.05, 4.69) is 10.4 Å². The van der Waals surface area contributed by atoms with Gasteiger partial charge in [-0.05, 0) is 32.8 Å². The van der Waals surface area contributed by atoms with E-state index in [0.29, 0.717) is 16.9 Å². The average Bonchev–Trinajstić information content (AvgIpc) is 3.24. The molecule has 2 amide bonds. The highest BCUT2D eigenvalue weighted by atomic mass is 32.1. The number of hydrogen-bond donors (Lipinski definition) is 1. The summed E-state index contributed by atoms with van der Waals surface area (Å²) in [4.78, 5) is 50.2. The fourth-order valence-electron chi connectivity index (χ4n) is 2.83. The predicted octanol–water partition coefficient (Wildman–Crippen LogP) is 2.94. The Hall–Kier alpha value is -3.28. The Balaban J connectivity index is 2.41. The highest BCUT2D eigenvalue weighted by Gasteiger charge is 2.30. The summed E-state index contributed by atoms with van der Waals surface area (Å²) < 4.78 is 6.46. The van der Waals surface area contributed by atoms with Crippen molar-refractivity contribution in [2.75, 3.05) is 26.0 Å². The van der Waals surface area contributed by atoms with E-state index in [-0.39, 0.29) is 34.5 Å². The minimum Gasteiger partial charge on any atom is -0.462 e. The quantitative estimate of drug-likeness (QED) is 0.370. The molecule has 0 saturated carbocycles. The second-order valence-corrected chi connectivity index (χ2v) is 8.10. The molecule has 1 atom stereocenters. The van der Waals surface area contributed by atoms with Crippen molar-refractivity contribution in [3.63, 3.8) is 0 Å². The third kappa shape index (κ3) is 4.90. The highest BCUT2D eigenvalue weighted by molar-refractivity contribution is 7.18. The van der Waals surface area contributed by atoms with Crippen LogP contribution in [0.3, 0.4) is 0 Å². The van der Waals surface area contributed by atoms with E-state index in [1.165, 1.54) is 23.4 Å². The molecule has 2 aromatic rings. The third-order valence-corrected chi connectivity index (χ3v) is 5.78. The number of nitrogens with zero attached hydrogens (tertiary/aromatic N) is 4. The third-order valence-electron chi connectivity index (χ3n) is 4.59. The fourth-order valence-corrected chi connectivity index (χ4v) is 4.05. The monoisotopic (exact) mass is 451 g/mol. The Morgan fingerprint density at radius 1 is 1.35 bits per heavy atom. The Morgan fingerprint density at radius 3 is 2.52 bits per heavy atom. The van der Waals surface area contributed by atoms with Crippen LogP contribution in [-0.2, 0) is 9.53 Å². The van der Waals surface area contributed by atoms with Crippen LogP contribution >= 0.6 is 11.3 Å². The summed E-state index contributed by atoms with van der Waals surface area (Å²) in [5.41, 5.74) is 0.557. The van der Waals surface area contributed by atoms with Gasteiger partial charge >= 0.3 is 11.7 Å². The summed E-state index contributed by atoms with van der Waals surface area (Å²) in [5, 5.41) is 17.8. The molecule has 11 nitrogen and oxygen atoms in total. The molecule has 0 aliphatic carbocycles. The summed E-state index contributed by atoms with van der Waals surface area (Å²) in [7, 11) is 3.18. The molecular weight excluding hydrogens is 426 g/mol. The van der Waals surface area contributed by atoms with Gasteiger partial charge < -0.3 is 15.0 Å². The van der Waals surface area contributed by atoms with Crippen LogP contribution in [0.4, 0.5) is 10.7 Å². The molecule has 168 valence electrons. The van der Waals surface area contributed by atoms with Crippen LogP contribution in [0.1, 0.15) is 57.6 Å². The second-order valence-electron chi connectivity index (χ2n) is 7.08. The molecule has 1 N–H and O–H groups in total. The SMILES string of the molecule is CCCOC(=O)c1c(NC(=O)C(C)n2ncc([N+](=O)[O-])c2C)sc(C(=O)N(C)C)c1C. The Bertz CT molecular complexity index is 1030. The number of ether oxygens (including phenoxy) is 1. The predicted molar refractivity (Wildman–Crippen MR) is 115 cm³/mol. The lowest BCUT2D eigenvalue weighted by Gasteiger charge is -2.14. The van der Waals surface area contributed by atoms with Crippen molar-refractivity contribution in [3.05, 3.63) is 38.0 Å². The van der Waals surface area contributed by atoms with Gasteiger partial charge in [-0.25, -0.2) is 4.79 Å². The van der Waals surface area contributed by atoms with E-state index in [9.17, 15) is 24.5 Å². The van der Waals surface area contributed by atoms with Gasteiger partial charge in [0.2, 0.25) is 5.91 Å². The zero-order chi connectivity index (χ0) is 23.5. The zero-order valence-corrected chi connectivity index (χ0v) is 19.0. The molecule has 12 heteroatoms. The van der Waals surface area contributed by atoms with Crippen molar-refractivity contribution in [1.29, 1.82) is 0 Å². The number of aromatic nitrogens is 2. The smallest absolute Gasteiger partial charge is 0.341 e. The molecule has 0 aliphatic heterocycles. The molecule has 0 aromatic carbocycles. The van der Waals surface area contributed by atoms with Crippen LogP contribution < -0.4 is 5.32 Å². The number of carbonyl (C=O) groups is 3. The average molecular weight is 452 g/mol. The van der Waals surface area contributed by atoms with E-state index < -0.39 is 22.8 Å². The fraction of sp³-hybridized carbons (Fsp3) is 0.474. The van der Waals surface area contributed by atoms with Crippen LogP contribution in [0.25, 0.3) is 0 Å². The first-order valence-corrected chi connectivity index (χ1v) is 10.3. The van der Waals surface area contributed by atoms with Crippen LogP contribution in [0.5, 0.6) is 0 Å². The topological polar surface area (TPSA) is 137 Å². The summed E-state index contributed by atoms with van der Waals surface area (Å²) >= 11 is 0.978. The zero-order valence-electron chi connectivity index (χ0n) is 18.2. The minimum absolute atomic E-state index is 0.118. The van der Waals surface area contributed by atoms with E-state index in [1.54, 1.807) is 21.0 Å². The number of carbonyl (C=O) groups excluding carboxylic acids is 3. The van der Waals surface area contributed by atoms with Gasteiger partial charge in [-0.1, -0.05) is 6.92 Å². The molecule has 2 heterocycles. The maximum absolute atomic E-state index is 12.9. The first-order valence-electron chi connectivity index (χ1n) is 9.52. The number of nitro groups is 1. The van der Waals surface area contributed by atoms with Gasteiger partial charge in [0.25, 0.3) is 5.91 Å².